The quantitative estimate of drug-likeness (QED) is 0.791. The lowest BCUT2D eigenvalue weighted by molar-refractivity contribution is 0.105. The van der Waals surface area contributed by atoms with Gasteiger partial charge in [0.2, 0.25) is 0 Å². The number of aryl methyl sites for hydroxylation is 1. The standard InChI is InChI=1S/C10H15NO3/c1-7-9(6-12)14-10(11-7)5-8-3-2-4-13-8/h8,12H,2-6H2,1H3. The van der Waals surface area contributed by atoms with Crippen LogP contribution in [0.3, 0.4) is 0 Å². The molecule has 1 saturated heterocycles. The summed E-state index contributed by atoms with van der Waals surface area (Å²) in [6.07, 6.45) is 3.17. The number of nitrogens with zero attached hydrogens (tertiary/aromatic N) is 1. The second-order valence-corrected chi connectivity index (χ2v) is 3.61. The highest BCUT2D eigenvalue weighted by Crippen LogP contribution is 2.18. The zero-order chi connectivity index (χ0) is 9.97. The van der Waals surface area contributed by atoms with Crippen LogP contribution in [0, 0.1) is 6.92 Å². The van der Waals surface area contributed by atoms with Crippen molar-refractivity contribution in [3.8, 4) is 0 Å². The van der Waals surface area contributed by atoms with Crippen molar-refractivity contribution in [2.24, 2.45) is 0 Å². The second kappa shape index (κ2) is 4.11. The third-order valence-corrected chi connectivity index (χ3v) is 2.51. The molecule has 1 unspecified atom stereocenters. The molecule has 78 valence electrons. The van der Waals surface area contributed by atoms with E-state index < -0.39 is 0 Å². The number of ether oxygens (including phenoxy) is 1. The van der Waals surface area contributed by atoms with Crippen molar-refractivity contribution in [1.82, 2.24) is 4.98 Å². The third-order valence-electron chi connectivity index (χ3n) is 2.51. The number of oxazole rings is 1. The summed E-state index contributed by atoms with van der Waals surface area (Å²) < 4.78 is 10.9. The van der Waals surface area contributed by atoms with Crippen molar-refractivity contribution < 1.29 is 14.3 Å². The van der Waals surface area contributed by atoms with E-state index >= 15 is 0 Å². The Kier molecular flexibility index (Phi) is 2.84. The van der Waals surface area contributed by atoms with Crippen molar-refractivity contribution in [3.63, 3.8) is 0 Å². The zero-order valence-electron chi connectivity index (χ0n) is 8.32. The van der Waals surface area contributed by atoms with Gasteiger partial charge in [-0.2, -0.15) is 0 Å². The van der Waals surface area contributed by atoms with Crippen molar-refractivity contribution >= 4 is 0 Å². The Labute approximate surface area is 82.9 Å². The van der Waals surface area contributed by atoms with E-state index in [9.17, 15) is 0 Å². The van der Waals surface area contributed by atoms with Gasteiger partial charge in [-0.05, 0) is 19.8 Å². The molecule has 4 heteroatoms. The van der Waals surface area contributed by atoms with Gasteiger partial charge in [-0.1, -0.05) is 0 Å². The summed E-state index contributed by atoms with van der Waals surface area (Å²) in [6.45, 7) is 2.61. The van der Waals surface area contributed by atoms with Gasteiger partial charge in [-0.25, -0.2) is 4.98 Å². The molecule has 1 atom stereocenters. The van der Waals surface area contributed by atoms with E-state index in [4.69, 9.17) is 14.3 Å². The molecule has 0 saturated carbocycles. The molecule has 0 aromatic carbocycles. The highest BCUT2D eigenvalue weighted by molar-refractivity contribution is 5.07. The fraction of sp³-hybridized carbons (Fsp3) is 0.700. The van der Waals surface area contributed by atoms with Gasteiger partial charge < -0.3 is 14.3 Å². The molecule has 0 radical (unpaired) electrons. The summed E-state index contributed by atoms with van der Waals surface area (Å²) in [5.41, 5.74) is 0.778. The van der Waals surface area contributed by atoms with Crippen molar-refractivity contribution in [2.45, 2.75) is 38.9 Å². The summed E-state index contributed by atoms with van der Waals surface area (Å²) >= 11 is 0. The van der Waals surface area contributed by atoms with Crippen LogP contribution in [0.2, 0.25) is 0 Å². The van der Waals surface area contributed by atoms with Gasteiger partial charge in [-0.15, -0.1) is 0 Å². The Balaban J connectivity index is 2.01. The van der Waals surface area contributed by atoms with Crippen LogP contribution in [-0.4, -0.2) is 22.8 Å². The molecular weight excluding hydrogens is 182 g/mol. The van der Waals surface area contributed by atoms with Gasteiger partial charge in [0.05, 0.1) is 18.2 Å². The molecule has 0 spiro atoms. The van der Waals surface area contributed by atoms with Crippen LogP contribution in [0.25, 0.3) is 0 Å². The molecule has 1 aliphatic rings. The summed E-state index contributed by atoms with van der Waals surface area (Å²) in [5.74, 6) is 1.25. The topological polar surface area (TPSA) is 55.5 Å². The highest BCUT2D eigenvalue weighted by atomic mass is 16.5. The lowest BCUT2D eigenvalue weighted by atomic mass is 10.2. The van der Waals surface area contributed by atoms with Gasteiger partial charge in [-0.3, -0.25) is 0 Å². The van der Waals surface area contributed by atoms with Crippen molar-refractivity contribution in [1.29, 1.82) is 0 Å². The lowest BCUT2D eigenvalue weighted by Crippen LogP contribution is -2.08. The zero-order valence-corrected chi connectivity index (χ0v) is 8.32. The first-order valence-corrected chi connectivity index (χ1v) is 4.97. The summed E-state index contributed by atoms with van der Waals surface area (Å²) in [6, 6.07) is 0. The lowest BCUT2D eigenvalue weighted by Gasteiger charge is -2.04. The molecule has 2 heterocycles. The molecule has 1 aromatic rings. The normalized spacial score (nSPS) is 21.7. The largest absolute Gasteiger partial charge is 0.443 e. The van der Waals surface area contributed by atoms with E-state index in [2.05, 4.69) is 4.98 Å². The van der Waals surface area contributed by atoms with Crippen LogP contribution in [0.5, 0.6) is 0 Å². The Morgan fingerprint density at radius 3 is 3.00 bits per heavy atom. The van der Waals surface area contributed by atoms with Gasteiger partial charge in [0, 0.05) is 6.61 Å². The number of aliphatic hydroxyl groups excluding tert-OH is 1. The number of hydrogen-bond donors (Lipinski definition) is 1. The molecule has 0 aliphatic carbocycles. The molecule has 2 rings (SSSR count). The van der Waals surface area contributed by atoms with E-state index in [1.807, 2.05) is 6.92 Å². The highest BCUT2D eigenvalue weighted by Gasteiger charge is 2.19. The van der Waals surface area contributed by atoms with Gasteiger partial charge in [0.15, 0.2) is 11.7 Å². The average Bonchev–Trinajstić information content (AvgIpc) is 2.76. The Bertz CT molecular complexity index is 302. The number of rotatable bonds is 3. The first kappa shape index (κ1) is 9.68. The van der Waals surface area contributed by atoms with E-state index in [0.29, 0.717) is 11.7 Å². The SMILES string of the molecule is Cc1nc(CC2CCCO2)oc1CO. The molecule has 4 nitrogen and oxygen atoms in total. The molecule has 1 fully saturated rings. The molecule has 1 aliphatic heterocycles. The number of aliphatic hydroxyl groups is 1. The van der Waals surface area contributed by atoms with E-state index in [-0.39, 0.29) is 12.7 Å². The summed E-state index contributed by atoms with van der Waals surface area (Å²) in [4.78, 5) is 4.24. The molecule has 0 amide bonds. The summed E-state index contributed by atoms with van der Waals surface area (Å²) in [7, 11) is 0. The third kappa shape index (κ3) is 1.96. The Morgan fingerprint density at radius 1 is 1.57 bits per heavy atom. The fourth-order valence-electron chi connectivity index (χ4n) is 1.72. The minimum Gasteiger partial charge on any atom is -0.443 e. The van der Waals surface area contributed by atoms with Gasteiger partial charge >= 0.3 is 0 Å². The molecule has 0 bridgehead atoms. The van der Waals surface area contributed by atoms with Crippen LogP contribution in [0.4, 0.5) is 0 Å². The summed E-state index contributed by atoms with van der Waals surface area (Å²) in [5, 5.41) is 8.93. The number of aromatic nitrogens is 1. The predicted octanol–water partition coefficient (Wildman–Crippen LogP) is 1.20. The fourth-order valence-corrected chi connectivity index (χ4v) is 1.72. The average molecular weight is 197 g/mol. The van der Waals surface area contributed by atoms with Crippen LogP contribution < -0.4 is 0 Å². The van der Waals surface area contributed by atoms with Crippen molar-refractivity contribution in [2.75, 3.05) is 6.61 Å². The van der Waals surface area contributed by atoms with E-state index in [1.165, 1.54) is 0 Å². The van der Waals surface area contributed by atoms with Crippen LogP contribution in [0.1, 0.15) is 30.2 Å². The minimum absolute atomic E-state index is 0.0790. The Morgan fingerprint density at radius 2 is 2.43 bits per heavy atom. The Hall–Kier alpha value is -0.870. The van der Waals surface area contributed by atoms with E-state index in [0.717, 1.165) is 31.6 Å². The molecule has 1 aromatic heterocycles. The van der Waals surface area contributed by atoms with Gasteiger partial charge in [0.1, 0.15) is 6.61 Å². The van der Waals surface area contributed by atoms with Crippen LogP contribution in [-0.2, 0) is 17.8 Å². The number of hydrogen-bond acceptors (Lipinski definition) is 4. The monoisotopic (exact) mass is 197 g/mol. The smallest absolute Gasteiger partial charge is 0.197 e. The maximum atomic E-state index is 8.93. The van der Waals surface area contributed by atoms with Gasteiger partial charge in [0.25, 0.3) is 0 Å². The molecule has 1 N–H and O–H groups in total. The van der Waals surface area contributed by atoms with Crippen LogP contribution >= 0.6 is 0 Å². The first-order valence-electron chi connectivity index (χ1n) is 4.97. The molecular formula is C10H15NO3. The maximum Gasteiger partial charge on any atom is 0.197 e. The van der Waals surface area contributed by atoms with Crippen LogP contribution in [0.15, 0.2) is 4.42 Å². The predicted molar refractivity (Wildman–Crippen MR) is 49.8 cm³/mol. The molecule has 14 heavy (non-hydrogen) atoms. The van der Waals surface area contributed by atoms with E-state index in [1.54, 1.807) is 0 Å². The van der Waals surface area contributed by atoms with Crippen molar-refractivity contribution in [3.05, 3.63) is 17.3 Å². The first-order chi connectivity index (χ1) is 6.79. The second-order valence-electron chi connectivity index (χ2n) is 3.61. The maximum absolute atomic E-state index is 8.93. The minimum atomic E-state index is -0.0790.